The van der Waals surface area contributed by atoms with Gasteiger partial charge in [0.15, 0.2) is 0 Å². The van der Waals surface area contributed by atoms with Crippen LogP contribution in [0.5, 0.6) is 0 Å². The third-order valence-corrected chi connectivity index (χ3v) is 5.24. The summed E-state index contributed by atoms with van der Waals surface area (Å²) in [4.78, 5) is 15.0. The van der Waals surface area contributed by atoms with Crippen molar-refractivity contribution in [3.63, 3.8) is 0 Å². The summed E-state index contributed by atoms with van der Waals surface area (Å²) in [7, 11) is 0. The van der Waals surface area contributed by atoms with Gasteiger partial charge >= 0.3 is 5.97 Å². The third kappa shape index (κ3) is 3.05. The number of thiophene rings is 1. The second-order valence-corrected chi connectivity index (χ2v) is 6.38. The molecule has 3 atom stereocenters. The monoisotopic (exact) mass is 297 g/mol. The first-order valence-electron chi connectivity index (χ1n) is 7.16. The Balaban J connectivity index is 2.22. The molecule has 112 valence electrons. The highest BCUT2D eigenvalue weighted by molar-refractivity contribution is 7.10. The lowest BCUT2D eigenvalue weighted by Crippen LogP contribution is -2.44. The lowest BCUT2D eigenvalue weighted by molar-refractivity contribution is -0.143. The highest BCUT2D eigenvalue weighted by Gasteiger charge is 2.39. The van der Waals surface area contributed by atoms with Crippen LogP contribution in [0.3, 0.4) is 0 Å². The lowest BCUT2D eigenvalue weighted by atomic mass is 9.99. The third-order valence-electron chi connectivity index (χ3n) is 4.05. The number of carboxylic acids is 1. The van der Waals surface area contributed by atoms with Gasteiger partial charge in [-0.15, -0.1) is 11.3 Å². The fraction of sp³-hybridized carbons (Fsp3) is 0.667. The minimum Gasteiger partial charge on any atom is -0.481 e. The second kappa shape index (κ2) is 6.70. The Bertz CT molecular complexity index is 460. The van der Waals surface area contributed by atoms with Gasteiger partial charge in [-0.1, -0.05) is 6.92 Å². The summed E-state index contributed by atoms with van der Waals surface area (Å²) in [6.45, 7) is 8.17. The number of hydrogen-bond donors (Lipinski definition) is 1. The quantitative estimate of drug-likeness (QED) is 0.877. The van der Waals surface area contributed by atoms with Crippen molar-refractivity contribution < 1.29 is 14.6 Å². The number of carbonyl (C=O) groups is 1. The minimum absolute atomic E-state index is 0.0241. The lowest BCUT2D eigenvalue weighted by Gasteiger charge is -2.35. The number of aliphatic carboxylic acids is 1. The molecule has 0 saturated carbocycles. The highest BCUT2D eigenvalue weighted by atomic mass is 32.1. The van der Waals surface area contributed by atoms with Crippen molar-refractivity contribution in [2.45, 2.75) is 39.3 Å². The average molecular weight is 297 g/mol. The molecule has 1 saturated heterocycles. The molecule has 2 heterocycles. The number of aryl methyl sites for hydroxylation is 1. The van der Waals surface area contributed by atoms with Crippen molar-refractivity contribution >= 4 is 17.3 Å². The summed E-state index contributed by atoms with van der Waals surface area (Å²) in [5, 5.41) is 11.5. The van der Waals surface area contributed by atoms with E-state index in [9.17, 15) is 9.90 Å². The Labute approximate surface area is 124 Å². The zero-order valence-electron chi connectivity index (χ0n) is 12.3. The van der Waals surface area contributed by atoms with Gasteiger partial charge in [-0.3, -0.25) is 9.69 Å². The molecule has 1 aromatic heterocycles. The van der Waals surface area contributed by atoms with Crippen LogP contribution in [0.25, 0.3) is 0 Å². The molecular formula is C15H23NO3S. The maximum atomic E-state index is 11.4. The van der Waals surface area contributed by atoms with Gasteiger partial charge in [0.1, 0.15) is 0 Å². The maximum absolute atomic E-state index is 11.4. The Hall–Kier alpha value is -0.910. The number of carboxylic acid groups (broad SMARTS) is 1. The summed E-state index contributed by atoms with van der Waals surface area (Å²) in [5.74, 6) is -1.16. The smallest absolute Gasteiger partial charge is 0.310 e. The first-order valence-corrected chi connectivity index (χ1v) is 8.04. The van der Waals surface area contributed by atoms with Crippen LogP contribution < -0.4 is 0 Å². The largest absolute Gasteiger partial charge is 0.481 e. The van der Waals surface area contributed by atoms with Gasteiger partial charge in [0, 0.05) is 17.0 Å². The SMILES string of the molecule is CCCN(C(C)c1sccc1C)C1COCC1C(=O)O. The fourth-order valence-electron chi connectivity index (χ4n) is 2.97. The van der Waals surface area contributed by atoms with Crippen LogP contribution in [0.2, 0.25) is 0 Å². The summed E-state index contributed by atoms with van der Waals surface area (Å²) < 4.78 is 5.44. The predicted molar refractivity (Wildman–Crippen MR) is 80.2 cm³/mol. The molecule has 20 heavy (non-hydrogen) atoms. The molecule has 0 aromatic carbocycles. The van der Waals surface area contributed by atoms with Crippen molar-refractivity contribution in [1.29, 1.82) is 0 Å². The van der Waals surface area contributed by atoms with Crippen LogP contribution in [0.1, 0.15) is 36.8 Å². The molecule has 3 unspecified atom stereocenters. The summed E-state index contributed by atoms with van der Waals surface area (Å²) in [6.07, 6.45) is 1.01. The summed E-state index contributed by atoms with van der Waals surface area (Å²) in [6, 6.07) is 2.34. The molecule has 1 aliphatic heterocycles. The van der Waals surface area contributed by atoms with E-state index in [0.717, 1.165) is 13.0 Å². The van der Waals surface area contributed by atoms with E-state index in [1.165, 1.54) is 10.4 Å². The number of rotatable bonds is 6. The Morgan fingerprint density at radius 2 is 2.35 bits per heavy atom. The molecule has 0 amide bonds. The minimum atomic E-state index is -0.747. The first kappa shape index (κ1) is 15.5. The van der Waals surface area contributed by atoms with Gasteiger partial charge in [-0.05, 0) is 43.8 Å². The van der Waals surface area contributed by atoms with Crippen molar-refractivity contribution in [3.05, 3.63) is 21.9 Å². The second-order valence-electron chi connectivity index (χ2n) is 5.43. The van der Waals surface area contributed by atoms with Gasteiger partial charge < -0.3 is 9.84 Å². The van der Waals surface area contributed by atoms with E-state index in [0.29, 0.717) is 13.2 Å². The van der Waals surface area contributed by atoms with E-state index < -0.39 is 11.9 Å². The Kier molecular flexibility index (Phi) is 5.18. The maximum Gasteiger partial charge on any atom is 0.310 e. The van der Waals surface area contributed by atoms with Gasteiger partial charge in [0.25, 0.3) is 0 Å². The summed E-state index contributed by atoms with van der Waals surface area (Å²) in [5.41, 5.74) is 1.29. The van der Waals surface area contributed by atoms with Crippen LogP contribution in [-0.2, 0) is 9.53 Å². The van der Waals surface area contributed by atoms with E-state index in [1.807, 2.05) is 0 Å². The number of hydrogen-bond acceptors (Lipinski definition) is 4. The first-order chi connectivity index (χ1) is 9.56. The molecule has 0 aliphatic carbocycles. The molecule has 0 spiro atoms. The zero-order chi connectivity index (χ0) is 14.7. The number of nitrogens with zero attached hydrogens (tertiary/aromatic N) is 1. The van der Waals surface area contributed by atoms with Gasteiger partial charge in [-0.25, -0.2) is 0 Å². The van der Waals surface area contributed by atoms with Crippen molar-refractivity contribution in [2.75, 3.05) is 19.8 Å². The van der Waals surface area contributed by atoms with Gasteiger partial charge in [0.2, 0.25) is 0 Å². The standard InChI is InChI=1S/C15H23NO3S/c1-4-6-16(11(3)14-10(2)5-7-20-14)13-9-19-8-12(13)15(17)18/h5,7,11-13H,4,6,8-9H2,1-3H3,(H,17,18). The van der Waals surface area contributed by atoms with E-state index >= 15 is 0 Å². The normalized spacial score (nSPS) is 24.2. The van der Waals surface area contributed by atoms with Crippen molar-refractivity contribution in [2.24, 2.45) is 5.92 Å². The van der Waals surface area contributed by atoms with Crippen LogP contribution in [0.15, 0.2) is 11.4 Å². The topological polar surface area (TPSA) is 49.8 Å². The molecule has 1 aliphatic rings. The van der Waals surface area contributed by atoms with Crippen LogP contribution in [-0.4, -0.2) is 41.8 Å². The molecule has 0 radical (unpaired) electrons. The molecule has 4 nitrogen and oxygen atoms in total. The molecule has 5 heteroatoms. The van der Waals surface area contributed by atoms with Crippen LogP contribution in [0.4, 0.5) is 0 Å². The molecule has 2 rings (SSSR count). The van der Waals surface area contributed by atoms with E-state index in [1.54, 1.807) is 11.3 Å². The molecule has 0 bridgehead atoms. The predicted octanol–water partition coefficient (Wildman–Crippen LogP) is 2.93. The fourth-order valence-corrected chi connectivity index (χ4v) is 3.98. The van der Waals surface area contributed by atoms with Gasteiger partial charge in [0.05, 0.1) is 19.1 Å². The molecule has 1 N–H and O–H groups in total. The molecule has 1 aromatic rings. The Morgan fingerprint density at radius 1 is 1.60 bits per heavy atom. The van der Waals surface area contributed by atoms with Crippen LogP contribution in [0, 0.1) is 12.8 Å². The van der Waals surface area contributed by atoms with E-state index in [2.05, 4.69) is 37.1 Å². The van der Waals surface area contributed by atoms with Crippen LogP contribution >= 0.6 is 11.3 Å². The highest BCUT2D eigenvalue weighted by Crippen LogP contribution is 2.33. The molecule has 1 fully saturated rings. The van der Waals surface area contributed by atoms with Gasteiger partial charge in [-0.2, -0.15) is 0 Å². The summed E-state index contributed by atoms with van der Waals surface area (Å²) >= 11 is 1.75. The Morgan fingerprint density at radius 3 is 2.90 bits per heavy atom. The average Bonchev–Trinajstić information content (AvgIpc) is 3.03. The molecular weight excluding hydrogens is 274 g/mol. The number of ether oxygens (including phenoxy) is 1. The van der Waals surface area contributed by atoms with Crippen molar-refractivity contribution in [1.82, 2.24) is 4.90 Å². The zero-order valence-corrected chi connectivity index (χ0v) is 13.2. The van der Waals surface area contributed by atoms with Crippen molar-refractivity contribution in [3.8, 4) is 0 Å². The van der Waals surface area contributed by atoms with E-state index in [4.69, 9.17) is 4.74 Å². The van der Waals surface area contributed by atoms with E-state index in [-0.39, 0.29) is 12.1 Å².